The smallest absolute Gasteiger partial charge is 0.240 e. The quantitative estimate of drug-likeness (QED) is 0.799. The molecule has 0 bridgehead atoms. The fourth-order valence-corrected chi connectivity index (χ4v) is 4.96. The number of thioether (sulfide) groups is 1. The van der Waals surface area contributed by atoms with E-state index in [0.29, 0.717) is 19.5 Å². The number of carbonyl (C=O) groups is 2. The molecule has 5 nitrogen and oxygen atoms in total. The van der Waals surface area contributed by atoms with Crippen molar-refractivity contribution >= 4 is 36.0 Å². The summed E-state index contributed by atoms with van der Waals surface area (Å²) in [5, 5.41) is 2.83. The second-order valence-corrected chi connectivity index (χ2v) is 7.94. The number of likely N-dealkylation sites (tertiary alicyclic amines) is 1. The van der Waals surface area contributed by atoms with Crippen LogP contribution in [0.1, 0.15) is 42.1 Å². The van der Waals surface area contributed by atoms with Gasteiger partial charge in [0, 0.05) is 32.1 Å². The van der Waals surface area contributed by atoms with Gasteiger partial charge in [-0.15, -0.1) is 24.2 Å². The maximum Gasteiger partial charge on any atom is 0.240 e. The van der Waals surface area contributed by atoms with E-state index >= 15 is 0 Å². The van der Waals surface area contributed by atoms with Crippen LogP contribution in [-0.2, 0) is 16.0 Å². The molecule has 2 aliphatic rings. The van der Waals surface area contributed by atoms with Crippen molar-refractivity contribution in [2.24, 2.45) is 5.73 Å². The summed E-state index contributed by atoms with van der Waals surface area (Å²) in [6.07, 6.45) is 4.47. The van der Waals surface area contributed by atoms with Crippen LogP contribution in [0.5, 0.6) is 0 Å². The first-order valence-corrected chi connectivity index (χ1v) is 10.2. The first-order chi connectivity index (χ1) is 12.2. The Bertz CT molecular complexity index is 629. The Labute approximate surface area is 165 Å². The van der Waals surface area contributed by atoms with Gasteiger partial charge in [0.1, 0.15) is 5.25 Å². The highest BCUT2D eigenvalue weighted by molar-refractivity contribution is 8.00. The van der Waals surface area contributed by atoms with Gasteiger partial charge in [0.05, 0.1) is 0 Å². The summed E-state index contributed by atoms with van der Waals surface area (Å²) in [5.74, 6) is 1.16. The number of nitrogens with zero attached hydrogens (tertiary/aromatic N) is 1. The predicted molar refractivity (Wildman–Crippen MR) is 109 cm³/mol. The summed E-state index contributed by atoms with van der Waals surface area (Å²) < 4.78 is 0. The van der Waals surface area contributed by atoms with Crippen molar-refractivity contribution in [3.63, 3.8) is 0 Å². The van der Waals surface area contributed by atoms with Crippen molar-refractivity contribution in [3.05, 3.63) is 35.4 Å². The van der Waals surface area contributed by atoms with Gasteiger partial charge in [-0.1, -0.05) is 24.3 Å². The van der Waals surface area contributed by atoms with Crippen molar-refractivity contribution in [2.45, 2.75) is 43.4 Å². The molecular formula is C19H28ClN3O2S. The van der Waals surface area contributed by atoms with Gasteiger partial charge in [-0.3, -0.25) is 9.59 Å². The zero-order valence-corrected chi connectivity index (χ0v) is 16.6. The fraction of sp³-hybridized carbons (Fsp3) is 0.579. The second kappa shape index (κ2) is 10.2. The van der Waals surface area contributed by atoms with Crippen molar-refractivity contribution < 1.29 is 9.59 Å². The summed E-state index contributed by atoms with van der Waals surface area (Å²) in [6, 6.07) is 8.39. The SMILES string of the molecule is Cl.NCCC(=O)NCC1CCCCN1C(=O)C1SCCc2ccccc21. The van der Waals surface area contributed by atoms with Crippen LogP contribution in [0.2, 0.25) is 0 Å². The molecule has 1 fully saturated rings. The summed E-state index contributed by atoms with van der Waals surface area (Å²) in [4.78, 5) is 27.0. The average molecular weight is 398 g/mol. The van der Waals surface area contributed by atoms with Crippen molar-refractivity contribution in [1.82, 2.24) is 10.2 Å². The minimum absolute atomic E-state index is 0. The first-order valence-electron chi connectivity index (χ1n) is 9.17. The van der Waals surface area contributed by atoms with Crippen LogP contribution in [-0.4, -0.2) is 48.1 Å². The van der Waals surface area contributed by atoms with Crippen molar-refractivity contribution in [3.8, 4) is 0 Å². The molecule has 2 amide bonds. The van der Waals surface area contributed by atoms with Crippen LogP contribution >= 0.6 is 24.2 Å². The molecule has 1 aromatic rings. The normalized spacial score (nSPS) is 22.1. The van der Waals surface area contributed by atoms with Gasteiger partial charge in [0.15, 0.2) is 0 Å². The van der Waals surface area contributed by atoms with Gasteiger partial charge >= 0.3 is 0 Å². The zero-order valence-electron chi connectivity index (χ0n) is 15.0. The molecule has 7 heteroatoms. The van der Waals surface area contributed by atoms with E-state index in [9.17, 15) is 9.59 Å². The zero-order chi connectivity index (χ0) is 17.6. The molecule has 144 valence electrons. The van der Waals surface area contributed by atoms with Crippen LogP contribution in [0, 0.1) is 0 Å². The van der Waals surface area contributed by atoms with E-state index in [1.165, 1.54) is 11.1 Å². The Hall–Kier alpha value is -1.24. The summed E-state index contributed by atoms with van der Waals surface area (Å²) >= 11 is 1.75. The molecule has 26 heavy (non-hydrogen) atoms. The highest BCUT2D eigenvalue weighted by Gasteiger charge is 2.34. The predicted octanol–water partition coefficient (Wildman–Crippen LogP) is 2.28. The van der Waals surface area contributed by atoms with Gasteiger partial charge in [-0.25, -0.2) is 0 Å². The maximum absolute atomic E-state index is 13.3. The van der Waals surface area contributed by atoms with Gasteiger partial charge in [0.25, 0.3) is 0 Å². The van der Waals surface area contributed by atoms with Gasteiger partial charge < -0.3 is 16.0 Å². The number of amides is 2. The van der Waals surface area contributed by atoms with Gasteiger partial charge in [-0.05, 0) is 42.6 Å². The number of aryl methyl sites for hydroxylation is 1. The third-order valence-corrected chi connectivity index (χ3v) is 6.26. The number of hydrogen-bond acceptors (Lipinski definition) is 4. The molecule has 2 atom stereocenters. The topological polar surface area (TPSA) is 75.4 Å². The maximum atomic E-state index is 13.3. The fourth-order valence-electron chi connectivity index (χ4n) is 3.70. The summed E-state index contributed by atoms with van der Waals surface area (Å²) in [6.45, 7) is 1.67. The average Bonchev–Trinajstić information content (AvgIpc) is 2.66. The third-order valence-electron chi connectivity index (χ3n) is 5.03. The molecule has 2 aliphatic heterocycles. The first kappa shape index (κ1) is 21.1. The Kier molecular flexibility index (Phi) is 8.25. The molecule has 2 unspecified atom stereocenters. The lowest BCUT2D eigenvalue weighted by Gasteiger charge is -2.39. The van der Waals surface area contributed by atoms with Crippen LogP contribution < -0.4 is 11.1 Å². The Balaban J connectivity index is 0.00000243. The molecule has 0 saturated carbocycles. The number of halogens is 1. The number of piperidine rings is 1. The van der Waals surface area contributed by atoms with Crippen molar-refractivity contribution in [1.29, 1.82) is 0 Å². The molecule has 0 aromatic heterocycles. The lowest BCUT2D eigenvalue weighted by atomic mass is 9.97. The van der Waals surface area contributed by atoms with E-state index in [4.69, 9.17) is 5.73 Å². The highest BCUT2D eigenvalue weighted by atomic mass is 35.5. The Morgan fingerprint density at radius 1 is 1.27 bits per heavy atom. The number of hydrogen-bond donors (Lipinski definition) is 2. The van der Waals surface area contributed by atoms with Gasteiger partial charge in [-0.2, -0.15) is 0 Å². The lowest BCUT2D eigenvalue weighted by molar-refractivity contribution is -0.135. The highest BCUT2D eigenvalue weighted by Crippen LogP contribution is 2.39. The molecule has 3 N–H and O–H groups in total. The molecule has 1 saturated heterocycles. The monoisotopic (exact) mass is 397 g/mol. The molecule has 2 heterocycles. The molecule has 3 rings (SSSR count). The van der Waals surface area contributed by atoms with E-state index in [1.807, 2.05) is 17.0 Å². The Morgan fingerprint density at radius 2 is 2.08 bits per heavy atom. The minimum atomic E-state index is -0.106. The summed E-state index contributed by atoms with van der Waals surface area (Å²) in [5.41, 5.74) is 7.89. The van der Waals surface area contributed by atoms with E-state index in [0.717, 1.165) is 38.0 Å². The Morgan fingerprint density at radius 3 is 2.88 bits per heavy atom. The molecule has 0 radical (unpaired) electrons. The van der Waals surface area contributed by atoms with Crippen LogP contribution in [0.4, 0.5) is 0 Å². The number of fused-ring (bicyclic) bond motifs is 1. The molecule has 0 spiro atoms. The van der Waals surface area contributed by atoms with Crippen LogP contribution in [0.15, 0.2) is 24.3 Å². The van der Waals surface area contributed by atoms with E-state index in [1.54, 1.807) is 11.8 Å². The van der Waals surface area contributed by atoms with Crippen LogP contribution in [0.3, 0.4) is 0 Å². The standard InChI is InChI=1S/C19H27N3O2S.ClH/c20-10-8-17(23)21-13-15-6-3-4-11-22(15)19(24)18-16-7-2-1-5-14(16)9-12-25-18;/h1-2,5,7,15,18H,3-4,6,8-13,20H2,(H,21,23);1H. The lowest BCUT2D eigenvalue weighted by Crippen LogP contribution is -2.50. The van der Waals surface area contributed by atoms with E-state index in [2.05, 4.69) is 17.4 Å². The molecular weight excluding hydrogens is 370 g/mol. The van der Waals surface area contributed by atoms with Gasteiger partial charge in [0.2, 0.25) is 11.8 Å². The minimum Gasteiger partial charge on any atom is -0.354 e. The number of benzene rings is 1. The number of rotatable bonds is 5. The van der Waals surface area contributed by atoms with E-state index < -0.39 is 0 Å². The third kappa shape index (κ3) is 4.93. The van der Waals surface area contributed by atoms with E-state index in [-0.39, 0.29) is 35.5 Å². The second-order valence-electron chi connectivity index (χ2n) is 6.72. The van der Waals surface area contributed by atoms with Crippen molar-refractivity contribution in [2.75, 3.05) is 25.4 Å². The van der Waals surface area contributed by atoms with Crippen LogP contribution in [0.25, 0.3) is 0 Å². The number of nitrogens with one attached hydrogen (secondary N) is 1. The number of nitrogens with two attached hydrogens (primary N) is 1. The summed E-state index contributed by atoms with van der Waals surface area (Å²) in [7, 11) is 0. The molecule has 0 aliphatic carbocycles. The largest absolute Gasteiger partial charge is 0.354 e. The molecule has 1 aromatic carbocycles. The number of carbonyl (C=O) groups excluding carboxylic acids is 2.